The summed E-state index contributed by atoms with van der Waals surface area (Å²) in [6.07, 6.45) is 8.75. The van der Waals surface area contributed by atoms with E-state index in [9.17, 15) is 19.2 Å². The van der Waals surface area contributed by atoms with Crippen LogP contribution < -0.4 is 10.6 Å². The minimum atomic E-state index is -0.429. The zero-order valence-electron chi connectivity index (χ0n) is 24.6. The molecule has 3 unspecified atom stereocenters. The molecule has 1 saturated carbocycles. The van der Waals surface area contributed by atoms with E-state index < -0.39 is 6.04 Å². The van der Waals surface area contributed by atoms with Crippen molar-refractivity contribution in [2.75, 3.05) is 39.8 Å². The van der Waals surface area contributed by atoms with Gasteiger partial charge in [0.2, 0.25) is 11.8 Å². The van der Waals surface area contributed by atoms with Gasteiger partial charge in [0.15, 0.2) is 5.78 Å². The summed E-state index contributed by atoms with van der Waals surface area (Å²) in [5, 5.41) is 6.43. The third-order valence-corrected chi connectivity index (χ3v) is 9.11. The predicted molar refractivity (Wildman–Crippen MR) is 156 cm³/mol. The quantitative estimate of drug-likeness (QED) is 0.461. The normalized spacial score (nSPS) is 23.2. The Hall–Kier alpha value is -2.74. The Bertz CT molecular complexity index is 1050. The molecule has 4 rings (SSSR count). The molecule has 8 heteroatoms. The van der Waals surface area contributed by atoms with E-state index in [4.69, 9.17) is 0 Å². The van der Waals surface area contributed by atoms with Crippen molar-refractivity contribution < 1.29 is 19.2 Å². The Kier molecular flexibility index (Phi) is 10.8. The van der Waals surface area contributed by atoms with Crippen LogP contribution in [0.15, 0.2) is 24.3 Å². The summed E-state index contributed by atoms with van der Waals surface area (Å²) in [5.74, 6) is 0.880. The third-order valence-electron chi connectivity index (χ3n) is 9.11. The van der Waals surface area contributed by atoms with E-state index >= 15 is 0 Å². The first-order valence-electron chi connectivity index (χ1n) is 15.4. The van der Waals surface area contributed by atoms with Crippen molar-refractivity contribution >= 4 is 23.5 Å². The van der Waals surface area contributed by atoms with Crippen molar-refractivity contribution in [3.8, 4) is 0 Å². The number of ketones is 1. The van der Waals surface area contributed by atoms with Crippen molar-refractivity contribution in [2.45, 2.75) is 83.6 Å². The summed E-state index contributed by atoms with van der Waals surface area (Å²) >= 11 is 0. The van der Waals surface area contributed by atoms with Gasteiger partial charge in [0.25, 0.3) is 5.91 Å². The van der Waals surface area contributed by atoms with Gasteiger partial charge in [-0.1, -0.05) is 45.2 Å². The zero-order valence-corrected chi connectivity index (χ0v) is 24.6. The fourth-order valence-electron chi connectivity index (χ4n) is 6.64. The highest BCUT2D eigenvalue weighted by Crippen LogP contribution is 2.30. The summed E-state index contributed by atoms with van der Waals surface area (Å²) < 4.78 is 0. The van der Waals surface area contributed by atoms with Crippen LogP contribution in [0.4, 0.5) is 0 Å². The van der Waals surface area contributed by atoms with Gasteiger partial charge in [-0.2, -0.15) is 0 Å². The van der Waals surface area contributed by atoms with Gasteiger partial charge in [-0.25, -0.2) is 0 Å². The molecule has 0 aromatic heterocycles. The molecule has 40 heavy (non-hydrogen) atoms. The second kappa shape index (κ2) is 14.2. The van der Waals surface area contributed by atoms with Crippen molar-refractivity contribution in [2.24, 2.45) is 17.8 Å². The standard InChI is InChI=1S/C32H48N4O4/c1-22(2)31(39)30(24-9-5-4-6-10-24)34-32(40)26-12-7-11-25(17-26)27-13-8-16-36(21-27)29(38)19-33-18-23-14-15-28(37)35(3)20-23/h7,11-12,17,22-24,27,30,33H,4-6,8-10,13-16,18-21H2,1-3H3,(H,34,40). The fourth-order valence-corrected chi connectivity index (χ4v) is 6.64. The number of benzene rings is 1. The van der Waals surface area contributed by atoms with Crippen LogP contribution in [-0.4, -0.2) is 79.1 Å². The maximum atomic E-state index is 13.4. The van der Waals surface area contributed by atoms with Gasteiger partial charge >= 0.3 is 0 Å². The number of carbonyl (C=O) groups is 4. The van der Waals surface area contributed by atoms with Gasteiger partial charge in [-0.3, -0.25) is 19.2 Å². The average Bonchev–Trinajstić information content (AvgIpc) is 2.97. The number of carbonyl (C=O) groups excluding carboxylic acids is 4. The molecule has 0 spiro atoms. The van der Waals surface area contributed by atoms with Crippen LogP contribution in [-0.2, 0) is 14.4 Å². The van der Waals surface area contributed by atoms with Crippen molar-refractivity contribution in [3.63, 3.8) is 0 Å². The van der Waals surface area contributed by atoms with Gasteiger partial charge in [0.05, 0.1) is 12.6 Å². The summed E-state index contributed by atoms with van der Waals surface area (Å²) in [5.41, 5.74) is 1.65. The first-order chi connectivity index (χ1) is 19.2. The minimum absolute atomic E-state index is 0.0985. The summed E-state index contributed by atoms with van der Waals surface area (Å²) in [4.78, 5) is 54.8. The van der Waals surface area contributed by atoms with E-state index in [1.807, 2.05) is 50.1 Å². The molecule has 2 saturated heterocycles. The molecular formula is C32H48N4O4. The minimum Gasteiger partial charge on any atom is -0.345 e. The summed E-state index contributed by atoms with van der Waals surface area (Å²) in [7, 11) is 1.84. The Labute approximate surface area is 239 Å². The molecule has 3 amide bonds. The van der Waals surface area contributed by atoms with Gasteiger partial charge in [0, 0.05) is 57.0 Å². The van der Waals surface area contributed by atoms with Crippen molar-refractivity contribution in [1.29, 1.82) is 0 Å². The Morgan fingerprint density at radius 1 is 1.00 bits per heavy atom. The summed E-state index contributed by atoms with van der Waals surface area (Å²) in [6, 6.07) is 7.30. The molecule has 3 fully saturated rings. The van der Waals surface area contributed by atoms with Crippen LogP contribution in [0.5, 0.6) is 0 Å². The lowest BCUT2D eigenvalue weighted by Crippen LogP contribution is -2.48. The van der Waals surface area contributed by atoms with Gasteiger partial charge in [-0.15, -0.1) is 0 Å². The monoisotopic (exact) mass is 552 g/mol. The number of likely N-dealkylation sites (tertiary alicyclic amines) is 2. The number of amides is 3. The number of rotatable bonds is 10. The summed E-state index contributed by atoms with van der Waals surface area (Å²) in [6.45, 7) is 6.99. The number of hydrogen-bond acceptors (Lipinski definition) is 5. The van der Waals surface area contributed by atoms with E-state index in [0.29, 0.717) is 31.0 Å². The van der Waals surface area contributed by atoms with E-state index in [-0.39, 0.29) is 41.3 Å². The molecule has 1 aromatic carbocycles. The largest absolute Gasteiger partial charge is 0.345 e. The molecule has 0 bridgehead atoms. The van der Waals surface area contributed by atoms with Crippen molar-refractivity contribution in [3.05, 3.63) is 35.4 Å². The second-order valence-corrected chi connectivity index (χ2v) is 12.5. The zero-order chi connectivity index (χ0) is 28.6. The predicted octanol–water partition coefficient (Wildman–Crippen LogP) is 3.75. The maximum Gasteiger partial charge on any atom is 0.251 e. The second-order valence-electron chi connectivity index (χ2n) is 12.5. The number of nitrogens with one attached hydrogen (secondary N) is 2. The lowest BCUT2D eigenvalue weighted by Gasteiger charge is -2.34. The molecule has 3 aliphatic rings. The topological polar surface area (TPSA) is 98.8 Å². The van der Waals surface area contributed by atoms with Crippen LogP contribution >= 0.6 is 0 Å². The third kappa shape index (κ3) is 7.93. The molecule has 220 valence electrons. The fraction of sp³-hybridized carbons (Fsp3) is 0.688. The van der Waals surface area contributed by atoms with Crippen LogP contribution in [0.3, 0.4) is 0 Å². The highest BCUT2D eigenvalue weighted by Gasteiger charge is 2.33. The highest BCUT2D eigenvalue weighted by atomic mass is 16.2. The molecule has 1 aromatic rings. The molecular weight excluding hydrogens is 504 g/mol. The first-order valence-corrected chi connectivity index (χ1v) is 15.4. The van der Waals surface area contributed by atoms with Gasteiger partial charge < -0.3 is 20.4 Å². The van der Waals surface area contributed by atoms with Crippen LogP contribution in [0, 0.1) is 17.8 Å². The van der Waals surface area contributed by atoms with Gasteiger partial charge in [-0.05, 0) is 61.6 Å². The van der Waals surface area contributed by atoms with E-state index in [0.717, 1.165) is 70.1 Å². The first kappa shape index (κ1) is 30.2. The number of nitrogens with zero attached hydrogens (tertiary/aromatic N) is 2. The molecule has 8 nitrogen and oxygen atoms in total. The highest BCUT2D eigenvalue weighted by molar-refractivity contribution is 5.98. The number of hydrogen-bond donors (Lipinski definition) is 2. The van der Waals surface area contributed by atoms with Crippen LogP contribution in [0.2, 0.25) is 0 Å². The lowest BCUT2D eigenvalue weighted by molar-refractivity contribution is -0.134. The molecule has 0 radical (unpaired) electrons. The smallest absolute Gasteiger partial charge is 0.251 e. The average molecular weight is 553 g/mol. The Balaban J connectivity index is 1.33. The molecule has 2 aliphatic heterocycles. The van der Waals surface area contributed by atoms with Gasteiger partial charge in [0.1, 0.15) is 0 Å². The number of piperidine rings is 2. The van der Waals surface area contributed by atoms with E-state index in [2.05, 4.69) is 10.6 Å². The molecule has 2 heterocycles. The van der Waals surface area contributed by atoms with Crippen molar-refractivity contribution in [1.82, 2.24) is 20.4 Å². The van der Waals surface area contributed by atoms with Crippen LogP contribution in [0.25, 0.3) is 0 Å². The molecule has 2 N–H and O–H groups in total. The molecule has 3 atom stereocenters. The molecule has 1 aliphatic carbocycles. The Morgan fingerprint density at radius 3 is 2.50 bits per heavy atom. The van der Waals surface area contributed by atoms with E-state index in [1.165, 1.54) is 6.42 Å². The Morgan fingerprint density at radius 2 is 1.77 bits per heavy atom. The van der Waals surface area contributed by atoms with Crippen LogP contribution in [0.1, 0.15) is 93.5 Å². The SMILES string of the molecule is CC(C)C(=O)C(NC(=O)c1cccc(C2CCCN(C(=O)CNCC3CCC(=O)N(C)C3)C2)c1)C1CCCCC1. The lowest BCUT2D eigenvalue weighted by atomic mass is 9.80. The number of Topliss-reactive ketones (excluding diaryl/α,β-unsaturated/α-hetero) is 1. The van der Waals surface area contributed by atoms with E-state index in [1.54, 1.807) is 4.90 Å². The maximum absolute atomic E-state index is 13.4.